The zero-order chi connectivity index (χ0) is 23.8. The fourth-order valence-corrected chi connectivity index (χ4v) is 5.76. The van der Waals surface area contributed by atoms with E-state index in [1.54, 1.807) is 12.3 Å². The van der Waals surface area contributed by atoms with Crippen LogP contribution in [0.5, 0.6) is 11.5 Å². The maximum Gasteiger partial charge on any atom is 0.325 e. The van der Waals surface area contributed by atoms with Gasteiger partial charge in [0.25, 0.3) is 0 Å². The number of hydrogen-bond donors (Lipinski definition) is 1. The number of aryl methyl sites for hydroxylation is 1. The lowest BCUT2D eigenvalue weighted by Gasteiger charge is -2.31. The molecule has 8 nitrogen and oxygen atoms in total. The molecule has 1 unspecified atom stereocenters. The molecule has 3 aromatic rings. The summed E-state index contributed by atoms with van der Waals surface area (Å²) < 4.78 is 35.4. The molecule has 174 valence electrons. The molecule has 0 fully saturated rings. The normalized spacial score (nSPS) is 15.9. The second kappa shape index (κ2) is 9.17. The van der Waals surface area contributed by atoms with Gasteiger partial charge in [-0.25, -0.2) is 8.42 Å². The maximum absolute atomic E-state index is 13.4. The molecule has 0 bridgehead atoms. The molecular formula is C23H24ClN3O5S. The topological polar surface area (TPSA) is 102 Å². The van der Waals surface area contributed by atoms with Gasteiger partial charge in [0.2, 0.25) is 10.0 Å². The number of halogens is 1. The Morgan fingerprint density at radius 2 is 2.03 bits per heavy atom. The number of carbonyl (C=O) groups is 1. The number of rotatable bonds is 7. The summed E-state index contributed by atoms with van der Waals surface area (Å²) in [6.45, 7) is 1.66. The van der Waals surface area contributed by atoms with E-state index in [0.29, 0.717) is 24.3 Å². The number of nitrogens with zero attached hydrogens (tertiary/aromatic N) is 3. The lowest BCUT2D eigenvalue weighted by Crippen LogP contribution is -2.33. The quantitative estimate of drug-likeness (QED) is 0.527. The zero-order valence-electron chi connectivity index (χ0n) is 18.2. The third kappa shape index (κ3) is 4.62. The van der Waals surface area contributed by atoms with E-state index >= 15 is 0 Å². The van der Waals surface area contributed by atoms with Crippen LogP contribution in [0.1, 0.15) is 35.7 Å². The SMILES string of the molecule is Cc1ccccc1Oc1ccc(S(=O)(=O)N(C)C2CCCc3c2cnn3CC(=O)O)cc1Cl. The number of aromatic nitrogens is 2. The molecule has 1 aromatic heterocycles. The number of sulfonamides is 1. The molecule has 10 heteroatoms. The van der Waals surface area contributed by atoms with Gasteiger partial charge in [-0.1, -0.05) is 29.8 Å². The predicted octanol–water partition coefficient (Wildman–Crippen LogP) is 4.42. The van der Waals surface area contributed by atoms with Crippen LogP contribution in [0, 0.1) is 6.92 Å². The Bertz CT molecular complexity index is 1310. The van der Waals surface area contributed by atoms with Crippen molar-refractivity contribution >= 4 is 27.6 Å². The Labute approximate surface area is 197 Å². The van der Waals surface area contributed by atoms with E-state index in [9.17, 15) is 13.2 Å². The van der Waals surface area contributed by atoms with Gasteiger partial charge in [0.15, 0.2) is 0 Å². The van der Waals surface area contributed by atoms with Crippen molar-refractivity contribution in [2.45, 2.75) is 43.7 Å². The first-order chi connectivity index (χ1) is 15.7. The van der Waals surface area contributed by atoms with Crippen LogP contribution in [0.25, 0.3) is 0 Å². The molecule has 0 amide bonds. The van der Waals surface area contributed by atoms with Crippen LogP contribution >= 0.6 is 11.6 Å². The van der Waals surface area contributed by atoms with Gasteiger partial charge in [0.1, 0.15) is 18.0 Å². The fraction of sp³-hybridized carbons (Fsp3) is 0.304. The van der Waals surface area contributed by atoms with E-state index in [4.69, 9.17) is 21.4 Å². The van der Waals surface area contributed by atoms with Gasteiger partial charge < -0.3 is 9.84 Å². The minimum atomic E-state index is -3.88. The molecule has 1 N–H and O–H groups in total. The lowest BCUT2D eigenvalue weighted by molar-refractivity contribution is -0.137. The summed E-state index contributed by atoms with van der Waals surface area (Å²) >= 11 is 6.38. The van der Waals surface area contributed by atoms with Crippen LogP contribution in [0.4, 0.5) is 0 Å². The Hall–Kier alpha value is -2.88. The van der Waals surface area contributed by atoms with Crippen molar-refractivity contribution in [3.8, 4) is 11.5 Å². The molecule has 0 aliphatic heterocycles. The fourth-order valence-electron chi connectivity index (χ4n) is 4.09. The average Bonchev–Trinajstić information content (AvgIpc) is 3.18. The second-order valence-electron chi connectivity index (χ2n) is 7.99. The summed E-state index contributed by atoms with van der Waals surface area (Å²) in [5, 5.41) is 13.5. The van der Waals surface area contributed by atoms with E-state index in [2.05, 4.69) is 5.10 Å². The van der Waals surface area contributed by atoms with Crippen molar-refractivity contribution in [3.05, 3.63) is 70.5 Å². The number of carboxylic acids is 1. The summed E-state index contributed by atoms with van der Waals surface area (Å²) in [5.41, 5.74) is 2.43. The van der Waals surface area contributed by atoms with Gasteiger partial charge in [-0.05, 0) is 56.0 Å². The molecule has 0 saturated heterocycles. The summed E-state index contributed by atoms with van der Waals surface area (Å²) in [7, 11) is -2.35. The van der Waals surface area contributed by atoms with Gasteiger partial charge in [-0.3, -0.25) is 9.48 Å². The number of para-hydroxylation sites is 1. The number of hydrogen-bond acceptors (Lipinski definition) is 5. The van der Waals surface area contributed by atoms with Crippen LogP contribution in [0.3, 0.4) is 0 Å². The first-order valence-electron chi connectivity index (χ1n) is 10.5. The van der Waals surface area contributed by atoms with Crippen molar-refractivity contribution in [1.82, 2.24) is 14.1 Å². The first-order valence-corrected chi connectivity index (χ1v) is 12.3. The molecule has 2 aromatic carbocycles. The summed E-state index contributed by atoms with van der Waals surface area (Å²) in [4.78, 5) is 11.2. The minimum absolute atomic E-state index is 0.0529. The van der Waals surface area contributed by atoms with Crippen LogP contribution < -0.4 is 4.74 Å². The number of ether oxygens (including phenoxy) is 1. The molecule has 0 saturated carbocycles. The van der Waals surface area contributed by atoms with Gasteiger partial charge in [0, 0.05) is 18.3 Å². The van der Waals surface area contributed by atoms with Crippen LogP contribution in [0.15, 0.2) is 53.6 Å². The Kier molecular flexibility index (Phi) is 6.47. The van der Waals surface area contributed by atoms with E-state index in [-0.39, 0.29) is 16.5 Å². The lowest BCUT2D eigenvalue weighted by atomic mass is 9.93. The van der Waals surface area contributed by atoms with Crippen LogP contribution in [-0.2, 0) is 27.8 Å². The van der Waals surface area contributed by atoms with Crippen LogP contribution in [0.2, 0.25) is 5.02 Å². The molecule has 0 spiro atoms. The van der Waals surface area contributed by atoms with E-state index in [0.717, 1.165) is 23.2 Å². The molecule has 1 atom stereocenters. The Morgan fingerprint density at radius 1 is 1.27 bits per heavy atom. The van der Waals surface area contributed by atoms with Gasteiger partial charge in [-0.2, -0.15) is 9.40 Å². The smallest absolute Gasteiger partial charge is 0.325 e. The standard InChI is InChI=1S/C23H24ClN3O5S/c1-15-6-3-4-9-21(15)32-22-11-10-16(12-18(22)24)33(30,31)26(2)19-7-5-8-20-17(19)13-25-27(20)14-23(28)29/h3-4,6,9-13,19H,5,7-8,14H2,1-2H3,(H,28,29). The number of fused-ring (bicyclic) bond motifs is 1. The molecule has 4 rings (SSSR count). The monoisotopic (exact) mass is 489 g/mol. The molecule has 1 aliphatic rings. The van der Waals surface area contributed by atoms with E-state index in [1.807, 2.05) is 31.2 Å². The first kappa shape index (κ1) is 23.3. The zero-order valence-corrected chi connectivity index (χ0v) is 19.8. The molecule has 1 heterocycles. The van der Waals surface area contributed by atoms with E-state index in [1.165, 1.54) is 28.2 Å². The Balaban J connectivity index is 1.60. The number of aliphatic carboxylic acids is 1. The molecule has 33 heavy (non-hydrogen) atoms. The summed E-state index contributed by atoms with van der Waals surface area (Å²) in [5.74, 6) is 0.00866. The molecule has 0 radical (unpaired) electrons. The average molecular weight is 490 g/mol. The highest BCUT2D eigenvalue weighted by atomic mass is 35.5. The minimum Gasteiger partial charge on any atom is -0.480 e. The van der Waals surface area contributed by atoms with Crippen molar-refractivity contribution in [1.29, 1.82) is 0 Å². The largest absolute Gasteiger partial charge is 0.480 e. The highest BCUT2D eigenvalue weighted by molar-refractivity contribution is 7.89. The highest BCUT2D eigenvalue weighted by Gasteiger charge is 2.34. The third-order valence-electron chi connectivity index (χ3n) is 5.85. The predicted molar refractivity (Wildman–Crippen MR) is 123 cm³/mol. The van der Waals surface area contributed by atoms with Gasteiger partial charge >= 0.3 is 5.97 Å². The van der Waals surface area contributed by atoms with Gasteiger partial charge in [-0.15, -0.1) is 0 Å². The second-order valence-corrected chi connectivity index (χ2v) is 10.4. The highest BCUT2D eigenvalue weighted by Crippen LogP contribution is 2.38. The summed E-state index contributed by atoms with van der Waals surface area (Å²) in [6, 6.07) is 11.4. The number of benzene rings is 2. The summed E-state index contributed by atoms with van der Waals surface area (Å²) in [6.07, 6.45) is 3.57. The van der Waals surface area contributed by atoms with Gasteiger partial charge in [0.05, 0.1) is 22.2 Å². The molecular weight excluding hydrogens is 466 g/mol. The Morgan fingerprint density at radius 3 is 2.73 bits per heavy atom. The van der Waals surface area contributed by atoms with Crippen molar-refractivity contribution < 1.29 is 23.1 Å². The molecule has 1 aliphatic carbocycles. The van der Waals surface area contributed by atoms with Crippen LogP contribution in [-0.4, -0.2) is 40.6 Å². The van der Waals surface area contributed by atoms with E-state index < -0.39 is 22.0 Å². The number of carboxylic acid groups (broad SMARTS) is 1. The third-order valence-corrected chi connectivity index (χ3v) is 8.01. The van der Waals surface area contributed by atoms with Crippen molar-refractivity contribution in [2.75, 3.05) is 7.05 Å². The van der Waals surface area contributed by atoms with Crippen molar-refractivity contribution in [3.63, 3.8) is 0 Å². The maximum atomic E-state index is 13.4. The van der Waals surface area contributed by atoms with Crippen molar-refractivity contribution in [2.24, 2.45) is 0 Å².